The molecule has 168 valence electrons. The highest BCUT2D eigenvalue weighted by Crippen LogP contribution is 2.47. The number of nitrogens with two attached hydrogens (primary N) is 1. The third kappa shape index (κ3) is 3.78. The highest BCUT2D eigenvalue weighted by Gasteiger charge is 2.53. The van der Waals surface area contributed by atoms with Crippen LogP contribution in [0.25, 0.3) is 11.1 Å². The number of para-hydroxylation sites is 1. The van der Waals surface area contributed by atoms with Gasteiger partial charge in [0, 0.05) is 24.1 Å². The second kappa shape index (κ2) is 8.08. The number of carbonyl (C=O) groups excluding carboxylic acids is 1. The van der Waals surface area contributed by atoms with Gasteiger partial charge in [-0.3, -0.25) is 9.69 Å². The van der Waals surface area contributed by atoms with E-state index in [9.17, 15) is 9.18 Å². The van der Waals surface area contributed by atoms with Gasteiger partial charge in [0.1, 0.15) is 30.0 Å². The number of halogens is 2. The molecule has 2 heterocycles. The summed E-state index contributed by atoms with van der Waals surface area (Å²) in [5.74, 6) is 0.656. The number of amides is 1. The van der Waals surface area contributed by atoms with E-state index in [0.717, 1.165) is 0 Å². The Morgan fingerprint density at radius 1 is 1.18 bits per heavy atom. The van der Waals surface area contributed by atoms with Crippen LogP contribution < -0.4 is 15.2 Å². The third-order valence-electron chi connectivity index (χ3n) is 5.92. The molecule has 1 amide bonds. The molecule has 2 aliphatic heterocycles. The molecule has 1 unspecified atom stereocenters. The smallest absolute Gasteiger partial charge is 0.261 e. The van der Waals surface area contributed by atoms with E-state index in [2.05, 4.69) is 4.99 Å². The first kappa shape index (κ1) is 21.3. The minimum absolute atomic E-state index is 0.134. The molecule has 33 heavy (non-hydrogen) atoms. The average molecular weight is 466 g/mol. The summed E-state index contributed by atoms with van der Waals surface area (Å²) in [6.07, 6.45) is -0.177. The fraction of sp³-hybridized carbons (Fsp3) is 0.200. The van der Waals surface area contributed by atoms with E-state index in [1.54, 1.807) is 31.3 Å². The Hall–Kier alpha value is -3.58. The van der Waals surface area contributed by atoms with Gasteiger partial charge in [0.05, 0.1) is 0 Å². The maximum Gasteiger partial charge on any atom is 0.261 e. The summed E-state index contributed by atoms with van der Waals surface area (Å²) in [5, 5.41) is 0.283. The fourth-order valence-electron chi connectivity index (χ4n) is 4.32. The summed E-state index contributed by atoms with van der Waals surface area (Å²) >= 11 is 6.05. The van der Waals surface area contributed by atoms with Crippen molar-refractivity contribution >= 4 is 23.5 Å². The average Bonchev–Trinajstić information content (AvgIpc) is 3.01. The van der Waals surface area contributed by atoms with Gasteiger partial charge in [-0.25, -0.2) is 9.38 Å². The SMILES string of the molecule is CN1C(=O)[C@]2(CC(COc3ccccc3)Oc3ccc(-c4cc(F)cc(Cl)c4)cc32)N=C1N. The van der Waals surface area contributed by atoms with Crippen LogP contribution in [0.15, 0.2) is 71.7 Å². The first-order valence-electron chi connectivity index (χ1n) is 10.4. The van der Waals surface area contributed by atoms with Crippen LogP contribution in [-0.2, 0) is 10.3 Å². The number of benzene rings is 3. The zero-order valence-electron chi connectivity index (χ0n) is 17.8. The van der Waals surface area contributed by atoms with E-state index in [0.29, 0.717) is 28.2 Å². The molecule has 2 atom stereocenters. The van der Waals surface area contributed by atoms with Crippen molar-refractivity contribution in [3.63, 3.8) is 0 Å². The fourth-order valence-corrected chi connectivity index (χ4v) is 4.55. The van der Waals surface area contributed by atoms with Crippen LogP contribution in [0.1, 0.15) is 12.0 Å². The molecule has 0 saturated heterocycles. The number of carbonyl (C=O) groups is 1. The Balaban J connectivity index is 1.55. The number of rotatable bonds is 4. The largest absolute Gasteiger partial charge is 0.490 e. The predicted molar refractivity (Wildman–Crippen MR) is 124 cm³/mol. The minimum atomic E-state index is -1.25. The molecule has 0 aliphatic carbocycles. The second-order valence-corrected chi connectivity index (χ2v) is 8.57. The van der Waals surface area contributed by atoms with Crippen LogP contribution in [0, 0.1) is 5.82 Å². The van der Waals surface area contributed by atoms with Gasteiger partial charge in [-0.15, -0.1) is 0 Å². The molecule has 2 N–H and O–H groups in total. The van der Waals surface area contributed by atoms with Gasteiger partial charge >= 0.3 is 0 Å². The monoisotopic (exact) mass is 465 g/mol. The topological polar surface area (TPSA) is 77.2 Å². The zero-order valence-corrected chi connectivity index (χ0v) is 18.6. The molecule has 0 aromatic heterocycles. The molecule has 8 heteroatoms. The number of aliphatic imine (C=N–C) groups is 1. The molecular formula is C25H21ClFN3O3. The molecule has 3 aromatic rings. The van der Waals surface area contributed by atoms with Crippen molar-refractivity contribution in [1.29, 1.82) is 0 Å². The van der Waals surface area contributed by atoms with Gasteiger partial charge in [-0.1, -0.05) is 35.9 Å². The predicted octanol–water partition coefficient (Wildman–Crippen LogP) is 4.36. The number of nitrogens with zero attached hydrogens (tertiary/aromatic N) is 2. The number of hydrogen-bond acceptors (Lipinski definition) is 5. The zero-order chi connectivity index (χ0) is 23.2. The van der Waals surface area contributed by atoms with E-state index in [1.807, 2.05) is 30.3 Å². The van der Waals surface area contributed by atoms with Crippen LogP contribution in [0.4, 0.5) is 4.39 Å². The lowest BCUT2D eigenvalue weighted by molar-refractivity contribution is -0.132. The van der Waals surface area contributed by atoms with Crippen LogP contribution >= 0.6 is 11.6 Å². The van der Waals surface area contributed by atoms with Crippen LogP contribution in [-0.4, -0.2) is 36.5 Å². The summed E-state index contributed by atoms with van der Waals surface area (Å²) in [4.78, 5) is 19.3. The molecular weight excluding hydrogens is 445 g/mol. The van der Waals surface area contributed by atoms with E-state index in [-0.39, 0.29) is 29.9 Å². The molecule has 6 nitrogen and oxygen atoms in total. The first-order valence-corrected chi connectivity index (χ1v) is 10.8. The van der Waals surface area contributed by atoms with Gasteiger partial charge in [0.15, 0.2) is 11.5 Å². The van der Waals surface area contributed by atoms with Gasteiger partial charge in [0.2, 0.25) is 0 Å². The minimum Gasteiger partial charge on any atom is -0.490 e. The van der Waals surface area contributed by atoms with Crippen molar-refractivity contribution in [2.45, 2.75) is 18.1 Å². The standard InChI is InChI=1S/C25H21ClFN3O3/c1-30-23(31)25(29-24(30)28)13-20(14-32-19-5-3-2-4-6-19)33-22-8-7-15(11-21(22)25)16-9-17(26)12-18(27)10-16/h2-12,20H,13-14H2,1H3,(H2,28,29)/t20?,25-/m1/s1. The highest BCUT2D eigenvalue weighted by molar-refractivity contribution is 6.30. The summed E-state index contributed by atoms with van der Waals surface area (Å²) in [6, 6.07) is 19.0. The molecule has 0 bridgehead atoms. The number of hydrogen-bond donors (Lipinski definition) is 1. The van der Waals surface area contributed by atoms with E-state index in [4.69, 9.17) is 26.8 Å². The van der Waals surface area contributed by atoms with Crippen molar-refractivity contribution in [2.75, 3.05) is 13.7 Å². The molecule has 1 spiro atoms. The Morgan fingerprint density at radius 2 is 1.97 bits per heavy atom. The summed E-state index contributed by atoms with van der Waals surface area (Å²) < 4.78 is 26.0. The van der Waals surface area contributed by atoms with Gasteiger partial charge in [-0.2, -0.15) is 0 Å². The van der Waals surface area contributed by atoms with E-state index < -0.39 is 17.5 Å². The Morgan fingerprint density at radius 3 is 2.67 bits per heavy atom. The highest BCUT2D eigenvalue weighted by atomic mass is 35.5. The lowest BCUT2D eigenvalue weighted by atomic mass is 9.80. The van der Waals surface area contributed by atoms with Crippen molar-refractivity contribution in [3.05, 3.63) is 83.1 Å². The lowest BCUT2D eigenvalue weighted by Gasteiger charge is -2.36. The Bertz CT molecular complexity index is 1250. The third-order valence-corrected chi connectivity index (χ3v) is 6.14. The number of guanidine groups is 1. The van der Waals surface area contributed by atoms with Crippen molar-refractivity contribution in [3.8, 4) is 22.6 Å². The van der Waals surface area contributed by atoms with Gasteiger partial charge in [0.25, 0.3) is 5.91 Å². The van der Waals surface area contributed by atoms with E-state index >= 15 is 0 Å². The maximum absolute atomic E-state index is 14.0. The Labute approximate surface area is 195 Å². The van der Waals surface area contributed by atoms with E-state index in [1.165, 1.54) is 17.0 Å². The molecule has 0 saturated carbocycles. The lowest BCUT2D eigenvalue weighted by Crippen LogP contribution is -2.47. The molecule has 3 aromatic carbocycles. The number of likely N-dealkylation sites (N-methyl/N-ethyl adjacent to an activating group) is 1. The second-order valence-electron chi connectivity index (χ2n) is 8.13. The molecule has 5 rings (SSSR count). The number of fused-ring (bicyclic) bond motifs is 2. The van der Waals surface area contributed by atoms with Crippen molar-refractivity contribution in [2.24, 2.45) is 10.7 Å². The van der Waals surface area contributed by atoms with Crippen molar-refractivity contribution in [1.82, 2.24) is 4.90 Å². The summed E-state index contributed by atoms with van der Waals surface area (Å²) in [6.45, 7) is 0.235. The van der Waals surface area contributed by atoms with Gasteiger partial charge < -0.3 is 15.2 Å². The first-order chi connectivity index (χ1) is 15.9. The molecule has 0 fully saturated rings. The maximum atomic E-state index is 14.0. The van der Waals surface area contributed by atoms with Crippen LogP contribution in [0.3, 0.4) is 0 Å². The van der Waals surface area contributed by atoms with Crippen LogP contribution in [0.5, 0.6) is 11.5 Å². The Kier molecular flexibility index (Phi) is 5.21. The number of ether oxygens (including phenoxy) is 2. The summed E-state index contributed by atoms with van der Waals surface area (Å²) in [5.41, 5.74) is 6.65. The quantitative estimate of drug-likeness (QED) is 0.621. The van der Waals surface area contributed by atoms with Crippen LogP contribution in [0.2, 0.25) is 5.02 Å². The summed E-state index contributed by atoms with van der Waals surface area (Å²) in [7, 11) is 1.59. The molecule has 2 aliphatic rings. The van der Waals surface area contributed by atoms with Gasteiger partial charge in [-0.05, 0) is 53.6 Å². The normalized spacial score (nSPS) is 21.5. The molecule has 0 radical (unpaired) electrons. The van der Waals surface area contributed by atoms with Crippen molar-refractivity contribution < 1.29 is 18.7 Å².